The molecular formula is C19H21F2NO3. The van der Waals surface area contributed by atoms with Gasteiger partial charge in [0, 0.05) is 6.04 Å². The Morgan fingerprint density at radius 3 is 2.56 bits per heavy atom. The van der Waals surface area contributed by atoms with Crippen molar-refractivity contribution in [2.24, 2.45) is 0 Å². The molecule has 2 N–H and O–H groups in total. The second-order valence-electron chi connectivity index (χ2n) is 5.99. The van der Waals surface area contributed by atoms with Gasteiger partial charge in [-0.2, -0.15) is 0 Å². The first kappa shape index (κ1) is 18.9. The third-order valence-corrected chi connectivity index (χ3v) is 3.68. The number of nitrogens with one attached hydrogen (secondary N) is 1. The Morgan fingerprint density at radius 1 is 1.20 bits per heavy atom. The predicted octanol–water partition coefficient (Wildman–Crippen LogP) is 3.28. The number of rotatable bonds is 7. The van der Waals surface area contributed by atoms with Gasteiger partial charge in [-0.05, 0) is 55.7 Å². The highest BCUT2D eigenvalue weighted by Gasteiger charge is 2.15. The molecular weight excluding hydrogens is 328 g/mol. The molecule has 6 heteroatoms. The highest BCUT2D eigenvalue weighted by atomic mass is 19.1. The fourth-order valence-corrected chi connectivity index (χ4v) is 2.40. The van der Waals surface area contributed by atoms with Gasteiger partial charge in [0.1, 0.15) is 5.82 Å². The summed E-state index contributed by atoms with van der Waals surface area (Å²) in [6, 6.07) is 9.61. The molecule has 0 saturated carbocycles. The van der Waals surface area contributed by atoms with Crippen LogP contribution >= 0.6 is 0 Å². The molecule has 4 nitrogen and oxygen atoms in total. The van der Waals surface area contributed by atoms with E-state index in [9.17, 15) is 18.7 Å². The summed E-state index contributed by atoms with van der Waals surface area (Å²) in [5.74, 6) is -1.30. The summed E-state index contributed by atoms with van der Waals surface area (Å²) >= 11 is 0. The quantitative estimate of drug-likeness (QED) is 0.806. The molecule has 2 aromatic carbocycles. The van der Waals surface area contributed by atoms with E-state index >= 15 is 0 Å². The number of carbonyl (C=O) groups is 1. The Balaban J connectivity index is 1.81. The van der Waals surface area contributed by atoms with Crippen LogP contribution in [0.3, 0.4) is 0 Å². The van der Waals surface area contributed by atoms with E-state index in [4.69, 9.17) is 4.74 Å². The van der Waals surface area contributed by atoms with Crippen LogP contribution in [0.2, 0.25) is 0 Å². The fourth-order valence-electron chi connectivity index (χ4n) is 2.40. The van der Waals surface area contributed by atoms with E-state index in [-0.39, 0.29) is 30.6 Å². The number of ether oxygens (including phenoxy) is 1. The molecule has 2 unspecified atom stereocenters. The van der Waals surface area contributed by atoms with Crippen molar-refractivity contribution >= 4 is 5.91 Å². The zero-order valence-corrected chi connectivity index (χ0v) is 14.1. The smallest absolute Gasteiger partial charge is 0.258 e. The van der Waals surface area contributed by atoms with Crippen LogP contribution in [0.15, 0.2) is 42.5 Å². The molecule has 0 aromatic heterocycles. The van der Waals surface area contributed by atoms with Crippen LogP contribution in [0.4, 0.5) is 8.78 Å². The van der Waals surface area contributed by atoms with Crippen LogP contribution in [0.25, 0.3) is 0 Å². The monoisotopic (exact) mass is 349 g/mol. The summed E-state index contributed by atoms with van der Waals surface area (Å²) in [7, 11) is 0. The zero-order valence-electron chi connectivity index (χ0n) is 14.1. The summed E-state index contributed by atoms with van der Waals surface area (Å²) < 4.78 is 31.6. The van der Waals surface area contributed by atoms with E-state index < -0.39 is 17.8 Å². The number of aliphatic hydroxyl groups excluding tert-OH is 1. The van der Waals surface area contributed by atoms with E-state index in [1.165, 1.54) is 36.4 Å². The van der Waals surface area contributed by atoms with Crippen LogP contribution in [0.5, 0.6) is 5.75 Å². The maximum atomic E-state index is 13.6. The normalized spacial score (nSPS) is 13.2. The van der Waals surface area contributed by atoms with Gasteiger partial charge in [0.15, 0.2) is 18.2 Å². The van der Waals surface area contributed by atoms with E-state index in [0.717, 1.165) is 5.56 Å². The van der Waals surface area contributed by atoms with Gasteiger partial charge in [-0.25, -0.2) is 8.78 Å². The number of benzene rings is 2. The molecule has 0 heterocycles. The molecule has 0 aliphatic heterocycles. The van der Waals surface area contributed by atoms with E-state index in [0.29, 0.717) is 5.56 Å². The SMILES string of the molecule is Cc1ccc(F)c(OCC(=O)NC(C)CC(O)c2ccc(F)cc2)c1. The fraction of sp³-hybridized carbons (Fsp3) is 0.316. The minimum atomic E-state index is -0.828. The molecule has 0 fully saturated rings. The van der Waals surface area contributed by atoms with Crippen molar-refractivity contribution in [2.45, 2.75) is 32.4 Å². The topological polar surface area (TPSA) is 58.6 Å². The second-order valence-corrected chi connectivity index (χ2v) is 5.99. The molecule has 2 aromatic rings. The molecule has 0 saturated heterocycles. The van der Waals surface area contributed by atoms with Crippen LogP contribution in [0.1, 0.15) is 30.6 Å². The summed E-state index contributed by atoms with van der Waals surface area (Å²) in [5.41, 5.74) is 1.40. The van der Waals surface area contributed by atoms with Crippen LogP contribution in [-0.2, 0) is 4.79 Å². The first-order valence-electron chi connectivity index (χ1n) is 7.97. The average Bonchev–Trinajstić information content (AvgIpc) is 2.56. The molecule has 0 radical (unpaired) electrons. The number of carbonyl (C=O) groups excluding carboxylic acids is 1. The summed E-state index contributed by atoms with van der Waals surface area (Å²) in [4.78, 5) is 11.9. The van der Waals surface area contributed by atoms with Crippen molar-refractivity contribution in [1.82, 2.24) is 5.32 Å². The lowest BCUT2D eigenvalue weighted by molar-refractivity contribution is -0.123. The highest BCUT2D eigenvalue weighted by Crippen LogP contribution is 2.19. The van der Waals surface area contributed by atoms with Crippen molar-refractivity contribution in [3.05, 3.63) is 65.2 Å². The molecule has 2 rings (SSSR count). The Kier molecular flexibility index (Phi) is 6.47. The molecule has 134 valence electrons. The maximum absolute atomic E-state index is 13.6. The van der Waals surface area contributed by atoms with Gasteiger partial charge in [-0.15, -0.1) is 0 Å². The molecule has 0 spiro atoms. The van der Waals surface area contributed by atoms with Crippen molar-refractivity contribution < 1.29 is 23.4 Å². The first-order chi connectivity index (χ1) is 11.8. The molecule has 2 atom stereocenters. The largest absolute Gasteiger partial charge is 0.481 e. The lowest BCUT2D eigenvalue weighted by Gasteiger charge is -2.18. The number of aryl methyl sites for hydroxylation is 1. The summed E-state index contributed by atoms with van der Waals surface area (Å²) in [5, 5.41) is 12.8. The van der Waals surface area contributed by atoms with Crippen molar-refractivity contribution in [2.75, 3.05) is 6.61 Å². The lowest BCUT2D eigenvalue weighted by Crippen LogP contribution is -2.37. The predicted molar refractivity (Wildman–Crippen MR) is 90.2 cm³/mol. The van der Waals surface area contributed by atoms with Gasteiger partial charge in [-0.1, -0.05) is 18.2 Å². The third kappa shape index (κ3) is 5.83. The minimum absolute atomic E-state index is 0.0224. The minimum Gasteiger partial charge on any atom is -0.481 e. The van der Waals surface area contributed by atoms with E-state index in [2.05, 4.69) is 5.32 Å². The Morgan fingerprint density at radius 2 is 1.88 bits per heavy atom. The Labute approximate surface area is 145 Å². The van der Waals surface area contributed by atoms with Gasteiger partial charge in [0.05, 0.1) is 6.10 Å². The van der Waals surface area contributed by atoms with E-state index in [1.807, 2.05) is 0 Å². The molecule has 0 bridgehead atoms. The van der Waals surface area contributed by atoms with Crippen molar-refractivity contribution in [3.8, 4) is 5.75 Å². The van der Waals surface area contributed by atoms with Gasteiger partial charge < -0.3 is 15.2 Å². The summed E-state index contributed by atoms with van der Waals surface area (Å²) in [6.07, 6.45) is -0.568. The van der Waals surface area contributed by atoms with Gasteiger partial charge in [0.2, 0.25) is 0 Å². The zero-order chi connectivity index (χ0) is 18.4. The third-order valence-electron chi connectivity index (χ3n) is 3.68. The summed E-state index contributed by atoms with van der Waals surface area (Å²) in [6.45, 7) is 3.21. The lowest BCUT2D eigenvalue weighted by atomic mass is 10.0. The highest BCUT2D eigenvalue weighted by molar-refractivity contribution is 5.77. The van der Waals surface area contributed by atoms with Gasteiger partial charge in [0.25, 0.3) is 5.91 Å². The maximum Gasteiger partial charge on any atom is 0.258 e. The number of hydrogen-bond donors (Lipinski definition) is 2. The Bertz CT molecular complexity index is 719. The number of halogens is 2. The van der Waals surface area contributed by atoms with Crippen molar-refractivity contribution in [3.63, 3.8) is 0 Å². The molecule has 0 aliphatic rings. The molecule has 0 aliphatic carbocycles. The van der Waals surface area contributed by atoms with Crippen LogP contribution in [0, 0.1) is 18.6 Å². The number of amides is 1. The number of aliphatic hydroxyl groups is 1. The Hall–Kier alpha value is -2.47. The standard InChI is InChI=1S/C19H21F2NO3/c1-12-3-8-16(21)18(9-12)25-11-19(24)22-13(2)10-17(23)14-4-6-15(20)7-5-14/h3-9,13,17,23H,10-11H2,1-2H3,(H,22,24). The first-order valence-corrected chi connectivity index (χ1v) is 7.97. The van der Waals surface area contributed by atoms with Gasteiger partial charge in [-0.3, -0.25) is 4.79 Å². The second kappa shape index (κ2) is 8.58. The molecule has 1 amide bonds. The van der Waals surface area contributed by atoms with Crippen LogP contribution in [-0.4, -0.2) is 23.7 Å². The van der Waals surface area contributed by atoms with Crippen LogP contribution < -0.4 is 10.1 Å². The van der Waals surface area contributed by atoms with E-state index in [1.54, 1.807) is 19.9 Å². The van der Waals surface area contributed by atoms with Gasteiger partial charge >= 0.3 is 0 Å². The molecule has 25 heavy (non-hydrogen) atoms. The van der Waals surface area contributed by atoms with Crippen molar-refractivity contribution in [1.29, 1.82) is 0 Å². The average molecular weight is 349 g/mol. The number of hydrogen-bond acceptors (Lipinski definition) is 3.